The molecule has 4 nitrogen and oxygen atoms in total. The summed E-state index contributed by atoms with van der Waals surface area (Å²) in [5.74, 6) is 0.113. The molecule has 1 amide bonds. The first-order valence-corrected chi connectivity index (χ1v) is 7.86. The lowest BCUT2D eigenvalue weighted by Crippen LogP contribution is -2.24. The maximum Gasteiger partial charge on any atom is 0.227 e. The first kappa shape index (κ1) is 13.9. The summed E-state index contributed by atoms with van der Waals surface area (Å²) in [7, 11) is 0. The zero-order valence-electron chi connectivity index (χ0n) is 11.6. The van der Waals surface area contributed by atoms with Gasteiger partial charge in [0, 0.05) is 13.0 Å². The quantitative estimate of drug-likeness (QED) is 0.944. The molecule has 0 radical (unpaired) electrons. The van der Waals surface area contributed by atoms with Crippen molar-refractivity contribution in [2.45, 2.75) is 32.2 Å². The monoisotopic (exact) mass is 300 g/mol. The van der Waals surface area contributed by atoms with E-state index in [1.807, 2.05) is 30.3 Å². The van der Waals surface area contributed by atoms with Gasteiger partial charge in [0.2, 0.25) is 5.91 Å². The number of rotatable bonds is 4. The third-order valence-electron chi connectivity index (χ3n) is 3.46. The summed E-state index contributed by atoms with van der Waals surface area (Å²) in [6, 6.07) is 9.79. The number of Topliss-reactive ketones (excluding diaryl/α,β-unsaturated/α-hetero) is 1. The van der Waals surface area contributed by atoms with E-state index < -0.39 is 0 Å². The Bertz CT molecular complexity index is 664. The highest BCUT2D eigenvalue weighted by molar-refractivity contribution is 7.14. The SMILES string of the molecule is O=C(Cc1nc2c(s1)C(=O)CCC2)NCc1ccccc1. The second-order valence-electron chi connectivity index (χ2n) is 5.10. The predicted molar refractivity (Wildman–Crippen MR) is 81.4 cm³/mol. The van der Waals surface area contributed by atoms with Gasteiger partial charge in [0.15, 0.2) is 5.78 Å². The molecule has 2 aromatic rings. The van der Waals surface area contributed by atoms with Crippen molar-refractivity contribution in [3.8, 4) is 0 Å². The number of fused-ring (bicyclic) bond motifs is 1. The van der Waals surface area contributed by atoms with Crippen molar-refractivity contribution in [2.75, 3.05) is 0 Å². The number of hydrogen-bond donors (Lipinski definition) is 1. The molecule has 1 aliphatic carbocycles. The number of amides is 1. The summed E-state index contributed by atoms with van der Waals surface area (Å²) in [5, 5.41) is 3.62. The van der Waals surface area contributed by atoms with Crippen molar-refractivity contribution >= 4 is 23.0 Å². The second kappa shape index (κ2) is 6.18. The van der Waals surface area contributed by atoms with E-state index in [0.29, 0.717) is 13.0 Å². The van der Waals surface area contributed by atoms with E-state index in [9.17, 15) is 9.59 Å². The molecule has 0 unspecified atom stereocenters. The molecule has 1 heterocycles. The second-order valence-corrected chi connectivity index (χ2v) is 6.18. The highest BCUT2D eigenvalue weighted by Gasteiger charge is 2.22. The van der Waals surface area contributed by atoms with Gasteiger partial charge < -0.3 is 5.32 Å². The van der Waals surface area contributed by atoms with Crippen LogP contribution in [0.4, 0.5) is 0 Å². The molecule has 0 fully saturated rings. The van der Waals surface area contributed by atoms with Crippen LogP contribution >= 0.6 is 11.3 Å². The van der Waals surface area contributed by atoms with Crippen LogP contribution in [-0.4, -0.2) is 16.7 Å². The Labute approximate surface area is 127 Å². The number of aryl methyl sites for hydroxylation is 1. The molecular weight excluding hydrogens is 284 g/mol. The molecule has 0 saturated carbocycles. The molecule has 21 heavy (non-hydrogen) atoms. The molecule has 0 bridgehead atoms. The van der Waals surface area contributed by atoms with Crippen LogP contribution in [0, 0.1) is 0 Å². The maximum atomic E-state index is 12.0. The van der Waals surface area contributed by atoms with Gasteiger partial charge in [0.05, 0.1) is 17.0 Å². The Morgan fingerprint density at radius 3 is 2.81 bits per heavy atom. The van der Waals surface area contributed by atoms with E-state index in [0.717, 1.165) is 34.0 Å². The Kier molecular flexibility index (Phi) is 4.10. The fraction of sp³-hybridized carbons (Fsp3) is 0.312. The van der Waals surface area contributed by atoms with Crippen LogP contribution in [0.3, 0.4) is 0 Å². The maximum absolute atomic E-state index is 12.0. The summed E-state index contributed by atoms with van der Waals surface area (Å²) < 4.78 is 0. The molecule has 5 heteroatoms. The summed E-state index contributed by atoms with van der Waals surface area (Å²) in [6.45, 7) is 0.518. The lowest BCUT2D eigenvalue weighted by Gasteiger charge is -2.06. The van der Waals surface area contributed by atoms with Crippen molar-refractivity contribution in [1.29, 1.82) is 0 Å². The number of nitrogens with zero attached hydrogens (tertiary/aromatic N) is 1. The van der Waals surface area contributed by atoms with Gasteiger partial charge in [-0.3, -0.25) is 9.59 Å². The molecule has 0 atom stereocenters. The summed E-state index contributed by atoms with van der Waals surface area (Å²) in [5.41, 5.74) is 1.95. The topological polar surface area (TPSA) is 59.1 Å². The number of carbonyl (C=O) groups excluding carboxylic acids is 2. The van der Waals surface area contributed by atoms with E-state index in [1.165, 1.54) is 11.3 Å². The predicted octanol–water partition coefficient (Wildman–Crippen LogP) is 2.52. The molecule has 1 aliphatic rings. The molecular formula is C16H16N2O2S. The van der Waals surface area contributed by atoms with Crippen LogP contribution in [0.2, 0.25) is 0 Å². The largest absolute Gasteiger partial charge is 0.352 e. The number of benzene rings is 1. The zero-order chi connectivity index (χ0) is 14.7. The van der Waals surface area contributed by atoms with E-state index in [2.05, 4.69) is 10.3 Å². The van der Waals surface area contributed by atoms with Gasteiger partial charge in [-0.25, -0.2) is 4.98 Å². The van der Waals surface area contributed by atoms with Gasteiger partial charge in [0.25, 0.3) is 0 Å². The van der Waals surface area contributed by atoms with Crippen molar-refractivity contribution in [1.82, 2.24) is 10.3 Å². The third-order valence-corrected chi connectivity index (χ3v) is 4.60. The van der Waals surface area contributed by atoms with E-state index in [1.54, 1.807) is 0 Å². The van der Waals surface area contributed by atoms with Crippen molar-refractivity contribution in [3.05, 3.63) is 51.5 Å². The number of hydrogen-bond acceptors (Lipinski definition) is 4. The van der Waals surface area contributed by atoms with Gasteiger partial charge in [-0.1, -0.05) is 30.3 Å². The minimum Gasteiger partial charge on any atom is -0.352 e. The minimum atomic E-state index is -0.0580. The van der Waals surface area contributed by atoms with Gasteiger partial charge in [-0.15, -0.1) is 11.3 Å². The molecule has 1 N–H and O–H groups in total. The van der Waals surface area contributed by atoms with Crippen LogP contribution in [0.15, 0.2) is 30.3 Å². The fourth-order valence-electron chi connectivity index (χ4n) is 2.39. The molecule has 1 aromatic carbocycles. The number of ketones is 1. The van der Waals surface area contributed by atoms with Crippen LogP contribution in [0.25, 0.3) is 0 Å². The van der Waals surface area contributed by atoms with Gasteiger partial charge in [0.1, 0.15) is 5.01 Å². The van der Waals surface area contributed by atoms with E-state index >= 15 is 0 Å². The van der Waals surface area contributed by atoms with Gasteiger partial charge >= 0.3 is 0 Å². The number of aromatic nitrogens is 1. The van der Waals surface area contributed by atoms with Crippen LogP contribution < -0.4 is 5.32 Å². The average molecular weight is 300 g/mol. The lowest BCUT2D eigenvalue weighted by molar-refractivity contribution is -0.120. The first-order chi connectivity index (χ1) is 10.2. The van der Waals surface area contributed by atoms with Crippen molar-refractivity contribution < 1.29 is 9.59 Å². The standard InChI is InChI=1S/C16H16N2O2S/c19-13-8-4-7-12-16(13)21-15(18-12)9-14(20)17-10-11-5-2-1-3-6-11/h1-3,5-6H,4,7-10H2,(H,17,20). The normalized spacial score (nSPS) is 13.8. The van der Waals surface area contributed by atoms with E-state index in [-0.39, 0.29) is 18.1 Å². The van der Waals surface area contributed by atoms with Gasteiger partial charge in [-0.2, -0.15) is 0 Å². The summed E-state index contributed by atoms with van der Waals surface area (Å²) in [4.78, 5) is 28.9. The Morgan fingerprint density at radius 2 is 2.05 bits per heavy atom. The number of thiazole rings is 1. The third kappa shape index (κ3) is 3.36. The van der Waals surface area contributed by atoms with Crippen LogP contribution in [0.1, 0.15) is 38.8 Å². The first-order valence-electron chi connectivity index (χ1n) is 7.05. The molecule has 108 valence electrons. The molecule has 0 saturated heterocycles. The Morgan fingerprint density at radius 1 is 1.24 bits per heavy atom. The molecule has 3 rings (SSSR count). The smallest absolute Gasteiger partial charge is 0.227 e. The van der Waals surface area contributed by atoms with Crippen molar-refractivity contribution in [3.63, 3.8) is 0 Å². The van der Waals surface area contributed by atoms with E-state index in [4.69, 9.17) is 0 Å². The van der Waals surface area contributed by atoms with Crippen LogP contribution in [-0.2, 0) is 24.2 Å². The molecule has 0 aliphatic heterocycles. The summed E-state index contributed by atoms with van der Waals surface area (Å²) in [6.07, 6.45) is 2.57. The highest BCUT2D eigenvalue weighted by Crippen LogP contribution is 2.26. The number of carbonyl (C=O) groups is 2. The lowest BCUT2D eigenvalue weighted by atomic mass is 10.0. The average Bonchev–Trinajstić information content (AvgIpc) is 2.90. The molecule has 1 aromatic heterocycles. The molecule has 0 spiro atoms. The Balaban J connectivity index is 1.59. The number of nitrogens with one attached hydrogen (secondary N) is 1. The summed E-state index contributed by atoms with van der Waals surface area (Å²) >= 11 is 1.37. The van der Waals surface area contributed by atoms with Crippen LogP contribution in [0.5, 0.6) is 0 Å². The van der Waals surface area contributed by atoms with Crippen molar-refractivity contribution in [2.24, 2.45) is 0 Å². The Hall–Kier alpha value is -2.01. The fourth-order valence-corrected chi connectivity index (χ4v) is 3.47. The highest BCUT2D eigenvalue weighted by atomic mass is 32.1. The minimum absolute atomic E-state index is 0.0580. The zero-order valence-corrected chi connectivity index (χ0v) is 12.4. The van der Waals surface area contributed by atoms with Gasteiger partial charge in [-0.05, 0) is 18.4 Å².